The summed E-state index contributed by atoms with van der Waals surface area (Å²) < 4.78 is 0. The van der Waals surface area contributed by atoms with Crippen molar-refractivity contribution in [1.29, 1.82) is 0 Å². The van der Waals surface area contributed by atoms with E-state index in [-0.39, 0.29) is 6.71 Å². The molecule has 5 rings (SSSR count). The van der Waals surface area contributed by atoms with Crippen LogP contribution < -0.4 is 16.4 Å². The molecule has 180 valence electrons. The standard InChI is InChI=1S/C36H33B/c1-24-18-26(3)35(27(4)19-24)37(36-28(5)20-25(2)21-29(36)6)34-16-14-30(15-17-34)12-13-31-22-32-10-8-7-9-11-33(32)23-31/h7-11,14-23H,1-6H3. The van der Waals surface area contributed by atoms with E-state index in [9.17, 15) is 0 Å². The maximum Gasteiger partial charge on any atom is 0.242 e. The monoisotopic (exact) mass is 476 g/mol. The summed E-state index contributed by atoms with van der Waals surface area (Å²) in [5, 5.41) is 0. The van der Waals surface area contributed by atoms with Crippen molar-refractivity contribution >= 4 is 23.1 Å². The van der Waals surface area contributed by atoms with Crippen LogP contribution in [0.15, 0.2) is 91.0 Å². The van der Waals surface area contributed by atoms with E-state index in [1.165, 1.54) is 60.9 Å². The number of hydrogen-bond donors (Lipinski definition) is 0. The van der Waals surface area contributed by atoms with Gasteiger partial charge in [0.15, 0.2) is 0 Å². The smallest absolute Gasteiger partial charge is 0.0685 e. The Balaban J connectivity index is 1.57. The third-order valence-electron chi connectivity index (χ3n) is 7.38. The lowest BCUT2D eigenvalue weighted by molar-refractivity contribution is 1.34. The highest BCUT2D eigenvalue weighted by Gasteiger charge is 2.28. The SMILES string of the molecule is Cc1cc(C)c(B(c2ccc(C#Cc3cc4cccccc-4c3)cc2)c2c(C)cc(C)cc2C)c(C)c1. The van der Waals surface area contributed by atoms with Crippen molar-refractivity contribution in [3.05, 3.63) is 136 Å². The van der Waals surface area contributed by atoms with E-state index in [1.807, 2.05) is 0 Å². The summed E-state index contributed by atoms with van der Waals surface area (Å²) in [5.41, 5.74) is 16.7. The fourth-order valence-electron chi connectivity index (χ4n) is 5.96. The second-order valence-corrected chi connectivity index (χ2v) is 10.5. The molecule has 2 aliphatic carbocycles. The molecule has 37 heavy (non-hydrogen) atoms. The number of hydrogen-bond acceptors (Lipinski definition) is 0. The van der Waals surface area contributed by atoms with Gasteiger partial charge in [-0.25, -0.2) is 0 Å². The molecule has 0 nitrogen and oxygen atoms in total. The van der Waals surface area contributed by atoms with Gasteiger partial charge in [0.2, 0.25) is 6.71 Å². The summed E-state index contributed by atoms with van der Waals surface area (Å²) in [4.78, 5) is 0. The third-order valence-corrected chi connectivity index (χ3v) is 7.38. The Labute approximate surface area is 222 Å². The molecule has 0 unspecified atom stereocenters. The highest BCUT2D eigenvalue weighted by Crippen LogP contribution is 2.24. The number of benzene rings is 3. The van der Waals surface area contributed by atoms with Gasteiger partial charge in [-0.05, 0) is 76.9 Å². The van der Waals surface area contributed by atoms with Crippen LogP contribution in [0.1, 0.15) is 44.5 Å². The molecule has 0 aromatic heterocycles. The molecule has 0 amide bonds. The minimum Gasteiger partial charge on any atom is -0.0685 e. The lowest BCUT2D eigenvalue weighted by Crippen LogP contribution is -2.55. The molecule has 0 saturated carbocycles. The van der Waals surface area contributed by atoms with Crippen LogP contribution in [-0.2, 0) is 0 Å². The molecule has 0 spiro atoms. The maximum atomic E-state index is 3.39. The van der Waals surface area contributed by atoms with E-state index < -0.39 is 0 Å². The van der Waals surface area contributed by atoms with Crippen molar-refractivity contribution in [1.82, 2.24) is 0 Å². The largest absolute Gasteiger partial charge is 0.242 e. The number of aryl methyl sites for hydroxylation is 6. The molecule has 0 N–H and O–H groups in total. The minimum atomic E-state index is 0.185. The van der Waals surface area contributed by atoms with E-state index in [2.05, 4.69) is 144 Å². The summed E-state index contributed by atoms with van der Waals surface area (Å²) in [7, 11) is 0. The first-order valence-electron chi connectivity index (χ1n) is 13.1. The highest BCUT2D eigenvalue weighted by molar-refractivity contribution is 6.96. The van der Waals surface area contributed by atoms with Crippen LogP contribution in [0.25, 0.3) is 11.1 Å². The quantitative estimate of drug-likeness (QED) is 0.204. The zero-order valence-corrected chi connectivity index (χ0v) is 22.7. The first kappa shape index (κ1) is 24.7. The topological polar surface area (TPSA) is 0 Å². The van der Waals surface area contributed by atoms with Gasteiger partial charge in [-0.1, -0.05) is 128 Å². The van der Waals surface area contributed by atoms with E-state index in [0.717, 1.165) is 11.1 Å². The first-order chi connectivity index (χ1) is 17.8. The summed E-state index contributed by atoms with van der Waals surface area (Å²) in [6.07, 6.45) is 0. The Morgan fingerprint density at radius 1 is 0.459 bits per heavy atom. The van der Waals surface area contributed by atoms with E-state index in [1.54, 1.807) is 0 Å². The maximum absolute atomic E-state index is 3.39. The molecule has 2 aliphatic rings. The van der Waals surface area contributed by atoms with Gasteiger partial charge in [0.1, 0.15) is 0 Å². The van der Waals surface area contributed by atoms with Gasteiger partial charge in [-0.3, -0.25) is 0 Å². The molecule has 3 aromatic rings. The Kier molecular flexibility index (Phi) is 6.77. The molecule has 0 radical (unpaired) electrons. The van der Waals surface area contributed by atoms with E-state index in [4.69, 9.17) is 0 Å². The van der Waals surface area contributed by atoms with Crippen LogP contribution in [0.5, 0.6) is 0 Å². The molecule has 0 saturated heterocycles. The third kappa shape index (κ3) is 5.11. The molecule has 0 atom stereocenters. The first-order valence-corrected chi connectivity index (χ1v) is 13.1. The normalized spacial score (nSPS) is 10.8. The lowest BCUT2D eigenvalue weighted by Gasteiger charge is -2.24. The van der Waals surface area contributed by atoms with Crippen molar-refractivity contribution in [2.24, 2.45) is 0 Å². The fraction of sp³-hybridized carbons (Fsp3) is 0.167. The van der Waals surface area contributed by atoms with Gasteiger partial charge in [0, 0.05) is 11.1 Å². The predicted octanol–water partition coefficient (Wildman–Crippen LogP) is 6.56. The Morgan fingerprint density at radius 3 is 1.35 bits per heavy atom. The Hall–Kier alpha value is -4.02. The molecule has 0 heterocycles. The number of rotatable bonds is 3. The minimum absolute atomic E-state index is 0.185. The summed E-state index contributed by atoms with van der Waals surface area (Å²) in [6, 6.07) is 33.0. The van der Waals surface area contributed by atoms with Crippen molar-refractivity contribution < 1.29 is 0 Å². The van der Waals surface area contributed by atoms with Crippen LogP contribution in [0, 0.1) is 53.4 Å². The van der Waals surface area contributed by atoms with Crippen molar-refractivity contribution in [2.45, 2.75) is 41.5 Å². The molecular weight excluding hydrogens is 443 g/mol. The van der Waals surface area contributed by atoms with Gasteiger partial charge in [0.05, 0.1) is 0 Å². The molecule has 0 aliphatic heterocycles. The van der Waals surface area contributed by atoms with Crippen LogP contribution in [0.3, 0.4) is 0 Å². The van der Waals surface area contributed by atoms with E-state index in [0.29, 0.717) is 0 Å². The van der Waals surface area contributed by atoms with Gasteiger partial charge >= 0.3 is 0 Å². The van der Waals surface area contributed by atoms with Gasteiger partial charge in [-0.15, -0.1) is 0 Å². The lowest BCUT2D eigenvalue weighted by atomic mass is 9.34. The van der Waals surface area contributed by atoms with Crippen molar-refractivity contribution in [3.8, 4) is 23.0 Å². The molecule has 0 fully saturated rings. The molecule has 3 aromatic carbocycles. The van der Waals surface area contributed by atoms with Gasteiger partial charge < -0.3 is 0 Å². The zero-order valence-electron chi connectivity index (χ0n) is 22.7. The Bertz CT molecular complexity index is 1490. The average Bonchev–Trinajstić information content (AvgIpc) is 3.09. The van der Waals surface area contributed by atoms with Gasteiger partial charge in [-0.2, -0.15) is 0 Å². The second kappa shape index (κ2) is 10.2. The van der Waals surface area contributed by atoms with E-state index >= 15 is 0 Å². The zero-order chi connectivity index (χ0) is 26.1. The summed E-state index contributed by atoms with van der Waals surface area (Å²) in [6.45, 7) is 13.6. The highest BCUT2D eigenvalue weighted by atomic mass is 14.1. The Morgan fingerprint density at radius 2 is 0.892 bits per heavy atom. The average molecular weight is 476 g/mol. The second-order valence-electron chi connectivity index (χ2n) is 10.5. The predicted molar refractivity (Wildman–Crippen MR) is 161 cm³/mol. The van der Waals surface area contributed by atoms with Crippen LogP contribution in [-0.4, -0.2) is 6.71 Å². The van der Waals surface area contributed by atoms with Crippen molar-refractivity contribution in [2.75, 3.05) is 0 Å². The molecular formula is C36H33B. The van der Waals surface area contributed by atoms with Gasteiger partial charge in [0.25, 0.3) is 0 Å². The summed E-state index contributed by atoms with van der Waals surface area (Å²) >= 11 is 0. The fourth-order valence-corrected chi connectivity index (χ4v) is 5.96. The van der Waals surface area contributed by atoms with Crippen molar-refractivity contribution in [3.63, 3.8) is 0 Å². The number of fused-ring (bicyclic) bond motifs is 1. The van der Waals surface area contributed by atoms with Crippen LogP contribution >= 0.6 is 0 Å². The molecule has 1 heteroatoms. The summed E-state index contributed by atoms with van der Waals surface area (Å²) in [5.74, 6) is 6.76. The van der Waals surface area contributed by atoms with Crippen LogP contribution in [0.2, 0.25) is 0 Å². The van der Waals surface area contributed by atoms with Crippen LogP contribution in [0.4, 0.5) is 0 Å². The molecule has 0 bridgehead atoms.